The zero-order valence-corrected chi connectivity index (χ0v) is 15.1. The van der Waals surface area contributed by atoms with Gasteiger partial charge in [0.25, 0.3) is 0 Å². The maximum Gasteiger partial charge on any atom is 0.237 e. The smallest absolute Gasteiger partial charge is 0.237 e. The molecule has 2 aromatic carbocycles. The van der Waals surface area contributed by atoms with Crippen LogP contribution in [0.2, 0.25) is 0 Å². The second-order valence-corrected chi connectivity index (χ2v) is 7.07. The molecule has 0 unspecified atom stereocenters. The number of hydrogen-bond acceptors (Lipinski definition) is 2. The van der Waals surface area contributed by atoms with Crippen molar-refractivity contribution in [1.29, 1.82) is 0 Å². The van der Waals surface area contributed by atoms with Crippen LogP contribution in [0, 0.1) is 5.92 Å². The molecule has 0 spiro atoms. The molecule has 0 fully saturated rings. The highest BCUT2D eigenvalue weighted by molar-refractivity contribution is 5.80. The lowest BCUT2D eigenvalue weighted by Gasteiger charge is -2.15. The number of aromatic nitrogens is 2. The van der Waals surface area contributed by atoms with E-state index < -0.39 is 0 Å². The second kappa shape index (κ2) is 7.09. The van der Waals surface area contributed by atoms with E-state index in [-0.39, 0.29) is 18.4 Å². The molecule has 0 aliphatic rings. The van der Waals surface area contributed by atoms with Crippen molar-refractivity contribution < 1.29 is 4.79 Å². The average Bonchev–Trinajstić information content (AvgIpc) is 2.92. The number of nitrogens with two attached hydrogens (primary N) is 1. The number of nitrogens with zero attached hydrogens (tertiary/aromatic N) is 2. The van der Waals surface area contributed by atoms with Gasteiger partial charge in [-0.05, 0) is 35.6 Å². The number of fused-ring (bicyclic) bond motifs is 1. The highest BCUT2D eigenvalue weighted by Gasteiger charge is 2.19. The van der Waals surface area contributed by atoms with E-state index in [1.807, 2.05) is 28.8 Å². The summed E-state index contributed by atoms with van der Waals surface area (Å²) >= 11 is 0. The van der Waals surface area contributed by atoms with E-state index in [1.54, 1.807) is 0 Å². The summed E-state index contributed by atoms with van der Waals surface area (Å²) in [5.74, 6) is 1.24. The fourth-order valence-electron chi connectivity index (χ4n) is 3.31. The van der Waals surface area contributed by atoms with Gasteiger partial charge in [-0.3, -0.25) is 4.79 Å². The Hall–Kier alpha value is -2.62. The van der Waals surface area contributed by atoms with Crippen LogP contribution in [0.5, 0.6) is 0 Å². The van der Waals surface area contributed by atoms with Gasteiger partial charge in [0.1, 0.15) is 12.4 Å². The fourth-order valence-corrected chi connectivity index (χ4v) is 3.31. The molecule has 1 atom stereocenters. The summed E-state index contributed by atoms with van der Waals surface area (Å²) in [5.41, 5.74) is 9.83. The maximum atomic E-state index is 11.5. The minimum Gasteiger partial charge on any atom is -0.368 e. The van der Waals surface area contributed by atoms with E-state index in [1.165, 1.54) is 11.1 Å². The third kappa shape index (κ3) is 3.73. The first-order valence-electron chi connectivity index (χ1n) is 8.78. The molecule has 3 rings (SSSR count). The van der Waals surface area contributed by atoms with Crippen molar-refractivity contribution in [1.82, 2.24) is 9.55 Å². The van der Waals surface area contributed by atoms with Crippen LogP contribution in [0.4, 0.5) is 0 Å². The number of benzene rings is 2. The van der Waals surface area contributed by atoms with Gasteiger partial charge in [0.05, 0.1) is 11.0 Å². The standard InChI is InChI=1S/C21H25N3O/c1-14(2)12-16-8-10-17(11-9-16)15(3)21-23-18-6-4-5-7-19(18)24(21)13-20(22)25/h4-11,14-15H,12-13H2,1-3H3,(H2,22,25)/t15-/m0/s1. The zero-order valence-electron chi connectivity index (χ0n) is 15.1. The number of amides is 1. The third-order valence-electron chi connectivity index (χ3n) is 4.51. The van der Waals surface area contributed by atoms with Crippen molar-refractivity contribution in [3.63, 3.8) is 0 Å². The first-order chi connectivity index (χ1) is 12.0. The van der Waals surface area contributed by atoms with Crippen LogP contribution in [0.25, 0.3) is 11.0 Å². The molecular weight excluding hydrogens is 310 g/mol. The maximum absolute atomic E-state index is 11.5. The van der Waals surface area contributed by atoms with E-state index in [4.69, 9.17) is 10.7 Å². The first-order valence-corrected chi connectivity index (χ1v) is 8.78. The molecule has 0 aliphatic carbocycles. The summed E-state index contributed by atoms with van der Waals surface area (Å²) in [6.07, 6.45) is 1.08. The van der Waals surface area contributed by atoms with Gasteiger partial charge >= 0.3 is 0 Å². The van der Waals surface area contributed by atoms with Crippen LogP contribution in [-0.2, 0) is 17.8 Å². The summed E-state index contributed by atoms with van der Waals surface area (Å²) < 4.78 is 1.93. The lowest BCUT2D eigenvalue weighted by atomic mass is 9.96. The fraction of sp³-hybridized carbons (Fsp3) is 0.333. The van der Waals surface area contributed by atoms with Crippen LogP contribution in [-0.4, -0.2) is 15.5 Å². The van der Waals surface area contributed by atoms with Gasteiger partial charge in [0.15, 0.2) is 0 Å². The van der Waals surface area contributed by atoms with Gasteiger partial charge < -0.3 is 10.3 Å². The van der Waals surface area contributed by atoms with E-state index in [2.05, 4.69) is 45.0 Å². The predicted molar refractivity (Wildman–Crippen MR) is 101 cm³/mol. The molecule has 4 nitrogen and oxygen atoms in total. The van der Waals surface area contributed by atoms with Gasteiger partial charge in [0, 0.05) is 5.92 Å². The molecule has 25 heavy (non-hydrogen) atoms. The third-order valence-corrected chi connectivity index (χ3v) is 4.51. The number of para-hydroxylation sites is 2. The van der Waals surface area contributed by atoms with Crippen LogP contribution < -0.4 is 5.73 Å². The van der Waals surface area contributed by atoms with Crippen molar-refractivity contribution in [2.24, 2.45) is 11.7 Å². The Labute approximate surface area is 148 Å². The summed E-state index contributed by atoms with van der Waals surface area (Å²) in [6, 6.07) is 16.6. The second-order valence-electron chi connectivity index (χ2n) is 7.07. The lowest BCUT2D eigenvalue weighted by Crippen LogP contribution is -2.21. The molecule has 130 valence electrons. The summed E-state index contributed by atoms with van der Waals surface area (Å²) in [4.78, 5) is 16.3. The Bertz CT molecular complexity index is 878. The summed E-state index contributed by atoms with van der Waals surface area (Å²) in [6.45, 7) is 6.72. The predicted octanol–water partition coefficient (Wildman–Crippen LogP) is 3.87. The molecule has 0 saturated carbocycles. The summed E-state index contributed by atoms with van der Waals surface area (Å²) in [7, 11) is 0. The monoisotopic (exact) mass is 335 g/mol. The van der Waals surface area contributed by atoms with Gasteiger partial charge in [-0.2, -0.15) is 0 Å². The number of rotatable bonds is 6. The minimum absolute atomic E-state index is 0.0832. The van der Waals surface area contributed by atoms with Crippen molar-refractivity contribution in [2.75, 3.05) is 0 Å². The van der Waals surface area contributed by atoms with Crippen molar-refractivity contribution >= 4 is 16.9 Å². The van der Waals surface area contributed by atoms with E-state index in [9.17, 15) is 4.79 Å². The normalized spacial score (nSPS) is 12.6. The molecular formula is C21H25N3O. The molecule has 1 heterocycles. The molecule has 1 aromatic heterocycles. The Morgan fingerprint density at radius 3 is 2.40 bits per heavy atom. The number of imidazole rings is 1. The number of carbonyl (C=O) groups excluding carboxylic acids is 1. The first kappa shape index (κ1) is 17.2. The number of primary amides is 1. The Morgan fingerprint density at radius 1 is 1.08 bits per heavy atom. The van der Waals surface area contributed by atoms with E-state index in [0.29, 0.717) is 5.92 Å². The number of hydrogen-bond donors (Lipinski definition) is 1. The molecule has 0 saturated heterocycles. The lowest BCUT2D eigenvalue weighted by molar-refractivity contribution is -0.118. The van der Waals surface area contributed by atoms with E-state index >= 15 is 0 Å². The van der Waals surface area contributed by atoms with Crippen LogP contribution in [0.3, 0.4) is 0 Å². The molecule has 4 heteroatoms. The van der Waals surface area contributed by atoms with Crippen molar-refractivity contribution in [3.8, 4) is 0 Å². The average molecular weight is 335 g/mol. The van der Waals surface area contributed by atoms with Gasteiger partial charge in [0.2, 0.25) is 5.91 Å². The largest absolute Gasteiger partial charge is 0.368 e. The molecule has 2 N–H and O–H groups in total. The van der Waals surface area contributed by atoms with Gasteiger partial charge in [-0.25, -0.2) is 4.98 Å². The van der Waals surface area contributed by atoms with Crippen LogP contribution in [0.1, 0.15) is 43.6 Å². The molecule has 0 radical (unpaired) electrons. The minimum atomic E-state index is -0.358. The molecule has 0 bridgehead atoms. The quantitative estimate of drug-likeness (QED) is 0.743. The summed E-state index contributed by atoms with van der Waals surface area (Å²) in [5, 5.41) is 0. The molecule has 0 aliphatic heterocycles. The van der Waals surface area contributed by atoms with Crippen LogP contribution >= 0.6 is 0 Å². The Kier molecular flexibility index (Phi) is 4.88. The van der Waals surface area contributed by atoms with E-state index in [0.717, 1.165) is 23.3 Å². The Balaban J connectivity index is 1.98. The van der Waals surface area contributed by atoms with Crippen molar-refractivity contribution in [3.05, 3.63) is 65.5 Å². The highest BCUT2D eigenvalue weighted by atomic mass is 16.1. The van der Waals surface area contributed by atoms with Gasteiger partial charge in [-0.1, -0.05) is 57.2 Å². The zero-order chi connectivity index (χ0) is 18.0. The SMILES string of the molecule is CC(C)Cc1ccc([C@H](C)c2nc3ccccc3n2CC(N)=O)cc1. The topological polar surface area (TPSA) is 60.9 Å². The van der Waals surface area contributed by atoms with Crippen LogP contribution in [0.15, 0.2) is 48.5 Å². The molecule has 1 amide bonds. The van der Waals surface area contributed by atoms with Crippen molar-refractivity contribution in [2.45, 2.75) is 39.7 Å². The highest BCUT2D eigenvalue weighted by Crippen LogP contribution is 2.27. The number of carbonyl (C=O) groups is 1. The van der Waals surface area contributed by atoms with Gasteiger partial charge in [-0.15, -0.1) is 0 Å². The Morgan fingerprint density at radius 2 is 1.76 bits per heavy atom. The molecule has 3 aromatic rings.